The fraction of sp³-hybridized carbons (Fsp3) is 0.500. The van der Waals surface area contributed by atoms with Crippen LogP contribution in [0, 0.1) is 0 Å². The molecule has 21 heavy (non-hydrogen) atoms. The van der Waals surface area contributed by atoms with Gasteiger partial charge < -0.3 is 11.1 Å². The van der Waals surface area contributed by atoms with Gasteiger partial charge in [-0.05, 0) is 25.5 Å². The summed E-state index contributed by atoms with van der Waals surface area (Å²) >= 11 is 11.8. The van der Waals surface area contributed by atoms with Crippen LogP contribution in [0.1, 0.15) is 33.1 Å². The Hall–Kier alpha value is -0.780. The number of nitrogen functional groups attached to an aromatic ring is 1. The zero-order valence-electron chi connectivity index (χ0n) is 12.1. The van der Waals surface area contributed by atoms with Crippen molar-refractivity contribution in [2.24, 2.45) is 0 Å². The van der Waals surface area contributed by atoms with E-state index in [-0.39, 0.29) is 16.6 Å². The number of amides is 1. The third kappa shape index (κ3) is 5.49. The molecule has 0 spiro atoms. The van der Waals surface area contributed by atoms with Gasteiger partial charge in [0.05, 0.1) is 16.4 Å². The van der Waals surface area contributed by atoms with Crippen LogP contribution in [0.5, 0.6) is 0 Å². The van der Waals surface area contributed by atoms with Crippen LogP contribution >= 0.6 is 23.2 Å². The minimum absolute atomic E-state index is 0.261. The Labute approximate surface area is 137 Å². The number of nitrogens with two attached hydrogens (primary N) is 1. The molecule has 0 heterocycles. The third-order valence-corrected chi connectivity index (χ3v) is 5.26. The van der Waals surface area contributed by atoms with E-state index in [2.05, 4.69) is 12.2 Å². The number of carbonyl (C=O) groups excluding carboxylic acids is 1. The van der Waals surface area contributed by atoms with Crippen LogP contribution < -0.4 is 11.1 Å². The lowest BCUT2D eigenvalue weighted by Gasteiger charge is -2.15. The normalized spacial score (nSPS) is 13.7. The van der Waals surface area contributed by atoms with E-state index in [1.807, 2.05) is 0 Å². The monoisotopic (exact) mass is 350 g/mol. The maximum Gasteiger partial charge on any atom is 0.239 e. The zero-order valence-corrected chi connectivity index (χ0v) is 14.4. The van der Waals surface area contributed by atoms with Gasteiger partial charge in [0.1, 0.15) is 5.25 Å². The summed E-state index contributed by atoms with van der Waals surface area (Å²) in [7, 11) is -1.21. The van der Waals surface area contributed by atoms with Crippen molar-refractivity contribution in [2.45, 2.75) is 38.4 Å². The lowest BCUT2D eigenvalue weighted by atomic mass is 10.2. The van der Waals surface area contributed by atoms with E-state index < -0.39 is 16.0 Å². The molecule has 0 saturated carbocycles. The van der Waals surface area contributed by atoms with Crippen LogP contribution in [0.15, 0.2) is 12.1 Å². The van der Waals surface area contributed by atoms with Crippen molar-refractivity contribution in [2.75, 3.05) is 16.8 Å². The van der Waals surface area contributed by atoms with E-state index in [1.165, 1.54) is 12.1 Å². The zero-order chi connectivity index (χ0) is 16.0. The van der Waals surface area contributed by atoms with E-state index in [1.54, 1.807) is 6.92 Å². The Morgan fingerprint density at radius 1 is 1.38 bits per heavy atom. The van der Waals surface area contributed by atoms with Gasteiger partial charge in [0.25, 0.3) is 0 Å². The maximum atomic E-state index is 12.1. The predicted molar refractivity (Wildman–Crippen MR) is 91.5 cm³/mol. The summed E-state index contributed by atoms with van der Waals surface area (Å²) in [6.45, 7) is 3.71. The number of hydrogen-bond acceptors (Lipinski definition) is 3. The number of benzene rings is 1. The first-order valence-corrected chi connectivity index (χ1v) is 8.93. The van der Waals surface area contributed by atoms with E-state index in [4.69, 9.17) is 28.9 Å². The molecular weight excluding hydrogens is 331 g/mol. The molecule has 2 atom stereocenters. The molecule has 0 bridgehead atoms. The fourth-order valence-corrected chi connectivity index (χ4v) is 3.44. The van der Waals surface area contributed by atoms with Gasteiger partial charge in [-0.15, -0.1) is 0 Å². The molecule has 0 aliphatic heterocycles. The third-order valence-electron chi connectivity index (χ3n) is 3.05. The van der Waals surface area contributed by atoms with Gasteiger partial charge in [0.2, 0.25) is 5.91 Å². The largest absolute Gasteiger partial charge is 0.397 e. The summed E-state index contributed by atoms with van der Waals surface area (Å²) in [5.74, 6) is 0.160. The number of unbranched alkanes of at least 4 members (excludes halogenated alkanes) is 2. The molecule has 0 fully saturated rings. The minimum atomic E-state index is -1.21. The van der Waals surface area contributed by atoms with Gasteiger partial charge in [0.15, 0.2) is 0 Å². The SMILES string of the molecule is CCCCCS(=O)C(C)C(=O)Nc1c(N)cc(Cl)cc1Cl. The van der Waals surface area contributed by atoms with Crippen molar-refractivity contribution in [3.63, 3.8) is 0 Å². The summed E-state index contributed by atoms with van der Waals surface area (Å²) in [6, 6.07) is 3.00. The standard InChI is InChI=1S/C14H20Cl2N2O2S/c1-3-4-5-6-21(20)9(2)14(19)18-13-11(16)7-10(15)8-12(13)17/h7-9H,3-6,17H2,1-2H3,(H,18,19). The number of carbonyl (C=O) groups is 1. The maximum absolute atomic E-state index is 12.1. The molecule has 0 aliphatic carbocycles. The Bertz CT molecular complexity index is 515. The molecule has 4 nitrogen and oxygen atoms in total. The predicted octanol–water partition coefficient (Wildman–Crippen LogP) is 3.84. The minimum Gasteiger partial charge on any atom is -0.397 e. The average molecular weight is 351 g/mol. The smallest absolute Gasteiger partial charge is 0.239 e. The quantitative estimate of drug-likeness (QED) is 0.579. The fourth-order valence-electron chi connectivity index (χ4n) is 1.74. The lowest BCUT2D eigenvalue weighted by molar-refractivity contribution is -0.115. The number of anilines is 2. The van der Waals surface area contributed by atoms with Crippen LogP contribution in [0.25, 0.3) is 0 Å². The Morgan fingerprint density at radius 3 is 2.62 bits per heavy atom. The van der Waals surface area contributed by atoms with Gasteiger partial charge in [-0.25, -0.2) is 0 Å². The van der Waals surface area contributed by atoms with Crippen LogP contribution in [0.4, 0.5) is 11.4 Å². The van der Waals surface area contributed by atoms with Crippen LogP contribution in [-0.4, -0.2) is 21.1 Å². The first-order valence-electron chi connectivity index (χ1n) is 6.79. The molecule has 1 aromatic rings. The van der Waals surface area contributed by atoms with Crippen molar-refractivity contribution < 1.29 is 9.00 Å². The highest BCUT2D eigenvalue weighted by atomic mass is 35.5. The topological polar surface area (TPSA) is 72.2 Å². The van der Waals surface area contributed by atoms with Crippen molar-refractivity contribution in [3.8, 4) is 0 Å². The van der Waals surface area contributed by atoms with E-state index >= 15 is 0 Å². The van der Waals surface area contributed by atoms with Gasteiger partial charge >= 0.3 is 0 Å². The summed E-state index contributed by atoms with van der Waals surface area (Å²) in [6.07, 6.45) is 2.91. The van der Waals surface area contributed by atoms with Crippen molar-refractivity contribution in [1.82, 2.24) is 0 Å². The van der Waals surface area contributed by atoms with Gasteiger partial charge in [0, 0.05) is 21.6 Å². The first-order chi connectivity index (χ1) is 9.86. The Balaban J connectivity index is 2.70. The highest BCUT2D eigenvalue weighted by Crippen LogP contribution is 2.32. The second-order valence-electron chi connectivity index (χ2n) is 4.78. The first kappa shape index (κ1) is 18.3. The van der Waals surface area contributed by atoms with Gasteiger partial charge in [-0.1, -0.05) is 43.0 Å². The molecule has 118 valence electrons. The number of halogens is 2. The molecule has 0 aromatic heterocycles. The molecule has 0 aliphatic rings. The molecule has 1 rings (SSSR count). The van der Waals surface area contributed by atoms with Gasteiger partial charge in [-0.3, -0.25) is 9.00 Å². The summed E-state index contributed by atoms with van der Waals surface area (Å²) in [5, 5.41) is 2.67. The van der Waals surface area contributed by atoms with Crippen molar-refractivity contribution in [3.05, 3.63) is 22.2 Å². The molecular formula is C14H20Cl2N2O2S. The second kappa shape index (κ2) is 8.61. The van der Waals surface area contributed by atoms with Crippen LogP contribution in [0.2, 0.25) is 10.0 Å². The number of nitrogens with one attached hydrogen (secondary N) is 1. The molecule has 2 unspecified atom stereocenters. The van der Waals surface area contributed by atoms with Gasteiger partial charge in [-0.2, -0.15) is 0 Å². The Kier molecular flexibility index (Phi) is 7.49. The summed E-state index contributed by atoms with van der Waals surface area (Å²) < 4.78 is 12.0. The second-order valence-corrected chi connectivity index (χ2v) is 7.50. The summed E-state index contributed by atoms with van der Waals surface area (Å²) in [5.41, 5.74) is 6.38. The Morgan fingerprint density at radius 2 is 2.05 bits per heavy atom. The molecule has 0 radical (unpaired) electrons. The van der Waals surface area contributed by atoms with Crippen LogP contribution in [0.3, 0.4) is 0 Å². The number of rotatable bonds is 7. The molecule has 7 heteroatoms. The van der Waals surface area contributed by atoms with E-state index in [0.717, 1.165) is 19.3 Å². The molecule has 1 aromatic carbocycles. The molecule has 3 N–H and O–H groups in total. The summed E-state index contributed by atoms with van der Waals surface area (Å²) in [4.78, 5) is 12.1. The van der Waals surface area contributed by atoms with E-state index in [0.29, 0.717) is 16.5 Å². The molecule has 1 amide bonds. The van der Waals surface area contributed by atoms with E-state index in [9.17, 15) is 9.00 Å². The number of hydrogen-bond donors (Lipinski definition) is 2. The van der Waals surface area contributed by atoms with Crippen molar-refractivity contribution in [1.29, 1.82) is 0 Å². The highest BCUT2D eigenvalue weighted by molar-refractivity contribution is 7.86. The van der Waals surface area contributed by atoms with Crippen molar-refractivity contribution >= 4 is 51.3 Å². The average Bonchev–Trinajstić information content (AvgIpc) is 2.41. The van der Waals surface area contributed by atoms with Crippen LogP contribution in [-0.2, 0) is 15.6 Å². The molecule has 0 saturated heterocycles. The highest BCUT2D eigenvalue weighted by Gasteiger charge is 2.21. The lowest BCUT2D eigenvalue weighted by Crippen LogP contribution is -2.30.